The summed E-state index contributed by atoms with van der Waals surface area (Å²) in [6.45, 7) is 4.51. The lowest BCUT2D eigenvalue weighted by atomic mass is 10.0. The Bertz CT molecular complexity index is 1000. The number of rotatable bonds is 13. The van der Waals surface area contributed by atoms with Gasteiger partial charge in [0.05, 0.1) is 18.7 Å². The normalized spacial score (nSPS) is 17.8. The van der Waals surface area contributed by atoms with Crippen molar-refractivity contribution in [1.29, 1.82) is 0 Å². The van der Waals surface area contributed by atoms with Crippen molar-refractivity contribution in [2.24, 2.45) is 5.92 Å². The summed E-state index contributed by atoms with van der Waals surface area (Å²) in [5.74, 6) is -2.63. The van der Waals surface area contributed by atoms with E-state index in [4.69, 9.17) is 0 Å². The molecule has 1 saturated heterocycles. The van der Waals surface area contributed by atoms with Crippen molar-refractivity contribution in [3.63, 3.8) is 0 Å². The van der Waals surface area contributed by atoms with Crippen LogP contribution in [0.4, 0.5) is 0 Å². The maximum atomic E-state index is 13.3. The van der Waals surface area contributed by atoms with E-state index >= 15 is 0 Å². The Morgan fingerprint density at radius 2 is 1.53 bits per heavy atom. The Labute approximate surface area is 208 Å². The van der Waals surface area contributed by atoms with Gasteiger partial charge in [0.1, 0.15) is 18.1 Å². The first kappa shape index (κ1) is 26.9. The highest BCUT2D eigenvalue weighted by molar-refractivity contribution is 5.94. The average Bonchev–Trinajstić information content (AvgIpc) is 3.61. The molecule has 4 unspecified atom stereocenters. The van der Waals surface area contributed by atoms with E-state index in [1.807, 2.05) is 13.8 Å². The first-order chi connectivity index (χ1) is 17.2. The van der Waals surface area contributed by atoms with Gasteiger partial charge in [-0.25, -0.2) is 14.8 Å². The molecule has 0 aromatic carbocycles. The summed E-state index contributed by atoms with van der Waals surface area (Å²) in [5.41, 5.74) is 1.19. The van der Waals surface area contributed by atoms with E-state index in [2.05, 4.69) is 41.2 Å². The fourth-order valence-electron chi connectivity index (χ4n) is 4.07. The lowest BCUT2D eigenvalue weighted by Gasteiger charge is -2.26. The van der Waals surface area contributed by atoms with Crippen LogP contribution in [0.15, 0.2) is 25.0 Å². The Morgan fingerprint density at radius 3 is 2.03 bits per heavy atom. The van der Waals surface area contributed by atoms with Crippen molar-refractivity contribution >= 4 is 23.7 Å². The second-order valence-corrected chi connectivity index (χ2v) is 9.36. The fraction of sp³-hybridized carbons (Fsp3) is 0.565. The van der Waals surface area contributed by atoms with Crippen molar-refractivity contribution in [2.45, 2.75) is 70.1 Å². The first-order valence-electron chi connectivity index (χ1n) is 12.0. The summed E-state index contributed by atoms with van der Waals surface area (Å²) in [7, 11) is 0. The number of hydrogen-bond donors (Lipinski definition) is 7. The molecule has 1 fully saturated rings. The molecule has 2 aromatic heterocycles. The third-order valence-corrected chi connectivity index (χ3v) is 5.92. The zero-order chi connectivity index (χ0) is 26.1. The average molecular weight is 503 g/mol. The molecule has 36 heavy (non-hydrogen) atoms. The molecule has 4 atom stereocenters. The smallest absolute Gasteiger partial charge is 0.326 e. The van der Waals surface area contributed by atoms with Gasteiger partial charge in [-0.2, -0.15) is 0 Å². The Hall–Kier alpha value is -3.74. The minimum absolute atomic E-state index is 0.0102. The fourth-order valence-corrected chi connectivity index (χ4v) is 4.07. The quantitative estimate of drug-likeness (QED) is 0.186. The second-order valence-electron chi connectivity index (χ2n) is 9.36. The molecule has 1 aliphatic rings. The number of aromatic nitrogens is 4. The van der Waals surface area contributed by atoms with Crippen LogP contribution in [0, 0.1) is 5.92 Å². The molecule has 0 spiro atoms. The van der Waals surface area contributed by atoms with Gasteiger partial charge in [0.15, 0.2) is 0 Å². The molecule has 13 heteroatoms. The van der Waals surface area contributed by atoms with E-state index < -0.39 is 35.9 Å². The minimum Gasteiger partial charge on any atom is -0.480 e. The van der Waals surface area contributed by atoms with E-state index in [0.717, 1.165) is 13.0 Å². The van der Waals surface area contributed by atoms with E-state index in [1.165, 1.54) is 18.9 Å². The molecule has 196 valence electrons. The predicted octanol–water partition coefficient (Wildman–Crippen LogP) is -0.745. The molecule has 7 N–H and O–H groups in total. The highest BCUT2D eigenvalue weighted by atomic mass is 16.4. The number of hydrogen-bond acceptors (Lipinski definition) is 7. The molecule has 0 radical (unpaired) electrons. The van der Waals surface area contributed by atoms with E-state index in [9.17, 15) is 24.3 Å². The van der Waals surface area contributed by atoms with Crippen LogP contribution in [0.25, 0.3) is 0 Å². The summed E-state index contributed by atoms with van der Waals surface area (Å²) in [6, 6.07) is -3.54. The number of carboxylic acid groups (broad SMARTS) is 1. The molecule has 0 bridgehead atoms. The highest BCUT2D eigenvalue weighted by Gasteiger charge is 2.32. The number of aliphatic carboxylic acids is 1. The molecule has 2 aromatic rings. The summed E-state index contributed by atoms with van der Waals surface area (Å²) in [5, 5.41) is 20.7. The van der Waals surface area contributed by atoms with Crippen LogP contribution >= 0.6 is 0 Å². The highest BCUT2D eigenvalue weighted by Crippen LogP contribution is 2.10. The summed E-state index contributed by atoms with van der Waals surface area (Å²) >= 11 is 0. The maximum absolute atomic E-state index is 13.3. The van der Waals surface area contributed by atoms with E-state index in [0.29, 0.717) is 17.8 Å². The SMILES string of the molecule is CC(C)CC(NC(=O)C(Cc1cnc[nH]1)NC(=O)C1CCCN1)C(=O)NC(Cc1cnc[nH]1)C(=O)O. The topological polar surface area (TPSA) is 194 Å². The van der Waals surface area contributed by atoms with Gasteiger partial charge in [-0.05, 0) is 31.7 Å². The predicted molar refractivity (Wildman–Crippen MR) is 128 cm³/mol. The monoisotopic (exact) mass is 502 g/mol. The lowest BCUT2D eigenvalue weighted by Crippen LogP contribution is -2.58. The van der Waals surface area contributed by atoms with Gasteiger partial charge in [-0.1, -0.05) is 13.8 Å². The van der Waals surface area contributed by atoms with Crippen LogP contribution < -0.4 is 21.3 Å². The molecule has 3 rings (SSSR count). The van der Waals surface area contributed by atoms with Gasteiger partial charge < -0.3 is 36.3 Å². The van der Waals surface area contributed by atoms with Gasteiger partial charge in [-0.15, -0.1) is 0 Å². The van der Waals surface area contributed by atoms with Gasteiger partial charge in [0.2, 0.25) is 17.7 Å². The summed E-state index contributed by atoms with van der Waals surface area (Å²) < 4.78 is 0. The van der Waals surface area contributed by atoms with Crippen molar-refractivity contribution in [3.05, 3.63) is 36.4 Å². The number of carbonyl (C=O) groups is 4. The minimum atomic E-state index is -1.21. The van der Waals surface area contributed by atoms with Crippen molar-refractivity contribution in [1.82, 2.24) is 41.2 Å². The zero-order valence-corrected chi connectivity index (χ0v) is 20.4. The Kier molecular flexibility index (Phi) is 9.56. The molecule has 3 amide bonds. The third-order valence-electron chi connectivity index (χ3n) is 5.92. The van der Waals surface area contributed by atoms with Crippen molar-refractivity contribution < 1.29 is 24.3 Å². The zero-order valence-electron chi connectivity index (χ0n) is 20.4. The standard InChI is InChI=1S/C23H34N8O5/c1-13(2)6-17(21(33)31-19(23(35)36)8-15-10-25-12-28-15)29-22(34)18(7-14-9-24-11-27-14)30-20(32)16-4-3-5-26-16/h9-13,16-19,26H,3-8H2,1-2H3,(H,24,27)(H,25,28)(H,29,34)(H,30,32)(H,31,33)(H,35,36). The Morgan fingerprint density at radius 1 is 0.944 bits per heavy atom. The number of amides is 3. The van der Waals surface area contributed by atoms with Crippen LogP contribution in [-0.2, 0) is 32.0 Å². The van der Waals surface area contributed by atoms with Gasteiger partial charge >= 0.3 is 5.97 Å². The summed E-state index contributed by atoms with van der Waals surface area (Å²) in [6.07, 6.45) is 7.93. The molecule has 0 aliphatic carbocycles. The van der Waals surface area contributed by atoms with Crippen LogP contribution in [-0.4, -0.2) is 79.4 Å². The number of imidazole rings is 2. The molecular weight excluding hydrogens is 468 g/mol. The summed E-state index contributed by atoms with van der Waals surface area (Å²) in [4.78, 5) is 64.5. The van der Waals surface area contributed by atoms with Gasteiger partial charge in [0, 0.05) is 36.6 Å². The van der Waals surface area contributed by atoms with Crippen LogP contribution in [0.5, 0.6) is 0 Å². The Balaban J connectivity index is 1.71. The lowest BCUT2D eigenvalue weighted by molar-refractivity contribution is -0.142. The third kappa shape index (κ3) is 7.90. The molecular formula is C23H34N8O5. The van der Waals surface area contributed by atoms with Crippen LogP contribution in [0.3, 0.4) is 0 Å². The number of H-pyrrole nitrogens is 2. The number of aromatic amines is 2. The maximum Gasteiger partial charge on any atom is 0.326 e. The van der Waals surface area contributed by atoms with Crippen LogP contribution in [0.2, 0.25) is 0 Å². The van der Waals surface area contributed by atoms with E-state index in [-0.39, 0.29) is 37.1 Å². The van der Waals surface area contributed by atoms with Gasteiger partial charge in [0.25, 0.3) is 0 Å². The second kappa shape index (κ2) is 12.8. The molecule has 1 aliphatic heterocycles. The molecule has 13 nitrogen and oxygen atoms in total. The first-order valence-corrected chi connectivity index (χ1v) is 12.0. The van der Waals surface area contributed by atoms with Crippen molar-refractivity contribution in [2.75, 3.05) is 6.54 Å². The largest absolute Gasteiger partial charge is 0.480 e. The van der Waals surface area contributed by atoms with Crippen molar-refractivity contribution in [3.8, 4) is 0 Å². The number of nitrogens with one attached hydrogen (secondary N) is 6. The van der Waals surface area contributed by atoms with Crippen LogP contribution in [0.1, 0.15) is 44.5 Å². The number of carbonyl (C=O) groups excluding carboxylic acids is 3. The van der Waals surface area contributed by atoms with E-state index in [1.54, 1.807) is 6.20 Å². The number of nitrogens with zero attached hydrogens (tertiary/aromatic N) is 2. The number of carboxylic acids is 1. The molecule has 0 saturated carbocycles. The van der Waals surface area contributed by atoms with Gasteiger partial charge in [-0.3, -0.25) is 14.4 Å². The molecule has 3 heterocycles.